The number of ketones is 1. The lowest BCUT2D eigenvalue weighted by Gasteiger charge is -1.99. The van der Waals surface area contributed by atoms with Crippen LogP contribution in [0.1, 0.15) is 10.4 Å². The number of nitro groups is 1. The second-order valence-electron chi connectivity index (χ2n) is 3.94. The highest BCUT2D eigenvalue weighted by Crippen LogP contribution is 2.24. The summed E-state index contributed by atoms with van der Waals surface area (Å²) in [6.45, 7) is 0. The highest BCUT2D eigenvalue weighted by molar-refractivity contribution is 8.01. The summed E-state index contributed by atoms with van der Waals surface area (Å²) in [7, 11) is 0. The van der Waals surface area contributed by atoms with Crippen molar-refractivity contribution in [3.05, 3.63) is 46.3 Å². The van der Waals surface area contributed by atoms with Gasteiger partial charge in [-0.05, 0) is 12.1 Å². The van der Waals surface area contributed by atoms with E-state index in [9.17, 15) is 14.9 Å². The normalized spacial score (nSPS) is 10.9. The first-order chi connectivity index (χ1) is 10.1. The van der Waals surface area contributed by atoms with Crippen LogP contribution in [0.3, 0.4) is 0 Å². The fourth-order valence-electron chi connectivity index (χ4n) is 1.58. The average molecular weight is 321 g/mol. The molecule has 21 heavy (non-hydrogen) atoms. The van der Waals surface area contributed by atoms with E-state index in [4.69, 9.17) is 0 Å². The Balaban J connectivity index is 1.65. The van der Waals surface area contributed by atoms with Crippen molar-refractivity contribution in [2.45, 2.75) is 4.34 Å². The minimum absolute atomic E-state index is 0.0344. The first-order valence-corrected chi connectivity index (χ1v) is 7.51. The van der Waals surface area contributed by atoms with Gasteiger partial charge in [0.05, 0.1) is 10.7 Å². The third-order valence-corrected chi connectivity index (χ3v) is 4.64. The summed E-state index contributed by atoms with van der Waals surface area (Å²) >= 11 is 2.65. The molecule has 8 nitrogen and oxygen atoms in total. The van der Waals surface area contributed by atoms with Gasteiger partial charge in [-0.25, -0.2) is 0 Å². The molecule has 2 aromatic heterocycles. The number of hydrogen-bond acceptors (Lipinski definition) is 8. The third kappa shape index (κ3) is 2.90. The zero-order valence-electron chi connectivity index (χ0n) is 10.4. The molecular formula is C11H7N5O3S2. The molecule has 0 aliphatic heterocycles. The number of benzene rings is 1. The number of thioether (sulfide) groups is 1. The van der Waals surface area contributed by atoms with Gasteiger partial charge in [0.2, 0.25) is 4.96 Å². The number of carbonyl (C=O) groups excluding carboxylic acids is 1. The molecule has 0 amide bonds. The molecule has 0 N–H and O–H groups in total. The largest absolute Gasteiger partial charge is 0.293 e. The molecule has 10 heteroatoms. The second-order valence-corrected chi connectivity index (χ2v) is 6.12. The summed E-state index contributed by atoms with van der Waals surface area (Å²) in [4.78, 5) is 22.7. The van der Waals surface area contributed by atoms with Gasteiger partial charge in [0.25, 0.3) is 5.69 Å². The zero-order valence-corrected chi connectivity index (χ0v) is 12.0. The van der Waals surface area contributed by atoms with Crippen LogP contribution in [0.25, 0.3) is 4.96 Å². The van der Waals surface area contributed by atoms with E-state index in [0.717, 1.165) is 4.34 Å². The van der Waals surface area contributed by atoms with Crippen LogP contribution in [0.15, 0.2) is 34.9 Å². The third-order valence-electron chi connectivity index (χ3n) is 2.60. The van der Waals surface area contributed by atoms with Crippen molar-refractivity contribution in [3.8, 4) is 0 Å². The van der Waals surface area contributed by atoms with Crippen molar-refractivity contribution < 1.29 is 9.72 Å². The van der Waals surface area contributed by atoms with E-state index >= 15 is 0 Å². The first-order valence-electron chi connectivity index (χ1n) is 5.71. The minimum atomic E-state index is -0.498. The molecule has 1 aromatic carbocycles. The molecule has 0 unspecified atom stereocenters. The van der Waals surface area contributed by atoms with Crippen LogP contribution in [0.5, 0.6) is 0 Å². The fraction of sp³-hybridized carbons (Fsp3) is 0.0909. The van der Waals surface area contributed by atoms with Gasteiger partial charge in [0.15, 0.2) is 10.1 Å². The summed E-state index contributed by atoms with van der Waals surface area (Å²) < 4.78 is 2.26. The molecule has 0 radical (unpaired) electrons. The average Bonchev–Trinajstić information content (AvgIpc) is 3.06. The number of hydrogen-bond donors (Lipinski definition) is 0. The van der Waals surface area contributed by atoms with Gasteiger partial charge in [-0.2, -0.15) is 4.52 Å². The van der Waals surface area contributed by atoms with E-state index in [-0.39, 0.29) is 17.2 Å². The molecule has 0 aliphatic rings. The molecule has 106 valence electrons. The molecule has 0 bridgehead atoms. The molecule has 0 fully saturated rings. The van der Waals surface area contributed by atoms with Crippen LogP contribution in [0.2, 0.25) is 0 Å². The number of fused-ring (bicyclic) bond motifs is 1. The second kappa shape index (κ2) is 5.58. The molecule has 3 rings (SSSR count). The Kier molecular flexibility index (Phi) is 3.62. The Bertz CT molecular complexity index is 782. The number of Topliss-reactive ketones (excluding diaryl/α,β-unsaturated/α-hetero) is 1. The summed E-state index contributed by atoms with van der Waals surface area (Å²) in [6, 6.07) is 5.56. The van der Waals surface area contributed by atoms with Gasteiger partial charge in [0.1, 0.15) is 6.33 Å². The Morgan fingerprint density at radius 3 is 2.81 bits per heavy atom. The molecule has 2 heterocycles. The van der Waals surface area contributed by atoms with E-state index < -0.39 is 4.92 Å². The van der Waals surface area contributed by atoms with Crippen LogP contribution in [-0.2, 0) is 0 Å². The predicted octanol–water partition coefficient (Wildman–Crippen LogP) is 2.07. The van der Waals surface area contributed by atoms with Crippen molar-refractivity contribution >= 4 is 39.5 Å². The quantitative estimate of drug-likeness (QED) is 0.306. The van der Waals surface area contributed by atoms with E-state index in [1.165, 1.54) is 53.7 Å². The Morgan fingerprint density at radius 2 is 2.14 bits per heavy atom. The monoisotopic (exact) mass is 321 g/mol. The molecule has 0 spiro atoms. The summed E-state index contributed by atoms with van der Waals surface area (Å²) in [5, 5.41) is 22.3. The predicted molar refractivity (Wildman–Crippen MR) is 76.8 cm³/mol. The Morgan fingerprint density at radius 1 is 1.38 bits per heavy atom. The summed E-state index contributed by atoms with van der Waals surface area (Å²) in [6.07, 6.45) is 1.49. The number of aromatic nitrogens is 4. The maximum absolute atomic E-state index is 12.0. The lowest BCUT2D eigenvalue weighted by Crippen LogP contribution is -2.02. The van der Waals surface area contributed by atoms with Crippen molar-refractivity contribution in [1.29, 1.82) is 0 Å². The van der Waals surface area contributed by atoms with Crippen LogP contribution < -0.4 is 0 Å². The number of carbonyl (C=O) groups is 1. The number of rotatable bonds is 5. The summed E-state index contributed by atoms with van der Waals surface area (Å²) in [5.41, 5.74) is 0.406. The molecule has 0 saturated carbocycles. The van der Waals surface area contributed by atoms with E-state index in [2.05, 4.69) is 15.3 Å². The lowest BCUT2D eigenvalue weighted by atomic mass is 10.1. The maximum atomic E-state index is 12.0. The number of nitrogens with zero attached hydrogens (tertiary/aromatic N) is 5. The number of non-ortho nitro benzene ring substituents is 1. The molecule has 0 atom stereocenters. The summed E-state index contributed by atoms with van der Waals surface area (Å²) in [5.74, 6) is 0.0999. The maximum Gasteiger partial charge on any atom is 0.269 e. The van der Waals surface area contributed by atoms with Crippen LogP contribution >= 0.6 is 23.1 Å². The first kappa shape index (κ1) is 13.6. The van der Waals surface area contributed by atoms with Crippen LogP contribution in [-0.4, -0.2) is 36.3 Å². The smallest absolute Gasteiger partial charge is 0.269 e. The van der Waals surface area contributed by atoms with Gasteiger partial charge in [-0.1, -0.05) is 23.1 Å². The van der Waals surface area contributed by atoms with Crippen molar-refractivity contribution in [2.75, 3.05) is 5.75 Å². The van der Waals surface area contributed by atoms with Gasteiger partial charge in [0, 0.05) is 17.7 Å². The molecular weight excluding hydrogens is 314 g/mol. The van der Waals surface area contributed by atoms with Gasteiger partial charge < -0.3 is 0 Å². The molecule has 0 saturated heterocycles. The topological polar surface area (TPSA) is 103 Å². The highest BCUT2D eigenvalue weighted by Gasteiger charge is 2.12. The van der Waals surface area contributed by atoms with Gasteiger partial charge in [-0.3, -0.25) is 14.9 Å². The van der Waals surface area contributed by atoms with Crippen LogP contribution in [0, 0.1) is 10.1 Å². The van der Waals surface area contributed by atoms with E-state index in [1.807, 2.05) is 0 Å². The van der Waals surface area contributed by atoms with Gasteiger partial charge >= 0.3 is 0 Å². The van der Waals surface area contributed by atoms with E-state index in [0.29, 0.717) is 10.5 Å². The van der Waals surface area contributed by atoms with E-state index in [1.54, 1.807) is 4.52 Å². The standard InChI is InChI=1S/C11H7N5O3S2/c17-9(7-1-3-8(4-2-7)16(18)19)5-20-11-14-15-6-12-13-10(15)21-11/h1-4,6H,5H2. The highest BCUT2D eigenvalue weighted by atomic mass is 32.2. The molecule has 3 aromatic rings. The van der Waals surface area contributed by atoms with Crippen molar-refractivity contribution in [1.82, 2.24) is 19.8 Å². The number of nitro benzene ring substituents is 1. The SMILES string of the molecule is O=C(CSc1nn2cnnc2s1)c1ccc([N+](=O)[O-])cc1. The minimum Gasteiger partial charge on any atom is -0.293 e. The Hall–Kier alpha value is -2.33. The van der Waals surface area contributed by atoms with Crippen molar-refractivity contribution in [3.63, 3.8) is 0 Å². The van der Waals surface area contributed by atoms with Crippen LogP contribution in [0.4, 0.5) is 5.69 Å². The Labute approximate surface area is 126 Å². The molecule has 0 aliphatic carbocycles. The van der Waals surface area contributed by atoms with Gasteiger partial charge in [-0.15, -0.1) is 15.3 Å². The fourth-order valence-corrected chi connectivity index (χ4v) is 3.34. The van der Waals surface area contributed by atoms with Crippen molar-refractivity contribution in [2.24, 2.45) is 0 Å². The lowest BCUT2D eigenvalue weighted by molar-refractivity contribution is -0.384. The zero-order chi connectivity index (χ0) is 14.8.